The fourth-order valence-corrected chi connectivity index (χ4v) is 2.78. The molecule has 0 radical (unpaired) electrons. The van der Waals surface area contributed by atoms with E-state index in [2.05, 4.69) is 0 Å². The number of carbonyl (C=O) groups is 2. The van der Waals surface area contributed by atoms with Crippen molar-refractivity contribution in [2.24, 2.45) is 0 Å². The van der Waals surface area contributed by atoms with Gasteiger partial charge in [-0.3, -0.25) is 0 Å². The minimum Gasteiger partial charge on any atom is -0.506 e. The summed E-state index contributed by atoms with van der Waals surface area (Å²) in [4.78, 5) is 18.5. The van der Waals surface area contributed by atoms with Crippen molar-refractivity contribution < 1.29 is 30.0 Å². The Morgan fingerprint density at radius 1 is 0.759 bits per heavy atom. The standard InChI is InChI=1S/C13H8Cl4O2.2C2H5NO2/c14-8-2-6(12(18)10(16)4-8)1-7-3-9(15)5-11(17)13(7)19;2*1-3-2(4)5/h2-5,18-19H,1H2;2*3H,1H3,(H,4,5). The first-order valence-electron chi connectivity index (χ1n) is 7.58. The Labute approximate surface area is 186 Å². The van der Waals surface area contributed by atoms with Gasteiger partial charge in [-0.2, -0.15) is 0 Å². The van der Waals surface area contributed by atoms with Gasteiger partial charge in [0.1, 0.15) is 11.5 Å². The highest BCUT2D eigenvalue weighted by Gasteiger charge is 2.13. The maximum Gasteiger partial charge on any atom is 0.404 e. The van der Waals surface area contributed by atoms with Crippen LogP contribution in [0.2, 0.25) is 20.1 Å². The fraction of sp³-hybridized carbons (Fsp3) is 0.176. The Morgan fingerprint density at radius 2 is 1.03 bits per heavy atom. The Morgan fingerprint density at radius 3 is 1.28 bits per heavy atom. The largest absolute Gasteiger partial charge is 0.506 e. The van der Waals surface area contributed by atoms with Crippen LogP contribution in [0.4, 0.5) is 9.59 Å². The molecule has 29 heavy (non-hydrogen) atoms. The van der Waals surface area contributed by atoms with Crippen LogP contribution in [0.1, 0.15) is 11.1 Å². The zero-order chi connectivity index (χ0) is 22.7. The average Bonchev–Trinajstić information content (AvgIpc) is 2.64. The molecule has 0 aliphatic carbocycles. The third kappa shape index (κ3) is 10.2. The fourth-order valence-electron chi connectivity index (χ4n) is 1.71. The Bertz CT molecular complexity index is 795. The summed E-state index contributed by atoms with van der Waals surface area (Å²) >= 11 is 23.4. The van der Waals surface area contributed by atoms with Gasteiger partial charge in [0.05, 0.1) is 10.0 Å². The van der Waals surface area contributed by atoms with Crippen molar-refractivity contribution in [3.05, 3.63) is 55.5 Å². The van der Waals surface area contributed by atoms with E-state index in [-0.39, 0.29) is 28.0 Å². The van der Waals surface area contributed by atoms with Crippen molar-refractivity contribution in [3.8, 4) is 11.5 Å². The van der Waals surface area contributed by atoms with Gasteiger partial charge >= 0.3 is 12.2 Å². The molecule has 0 heterocycles. The first kappa shape index (κ1) is 26.7. The molecule has 160 valence electrons. The zero-order valence-electron chi connectivity index (χ0n) is 15.1. The monoisotopic (exact) mass is 486 g/mol. The lowest BCUT2D eigenvalue weighted by Gasteiger charge is -2.10. The summed E-state index contributed by atoms with van der Waals surface area (Å²) in [7, 11) is 2.70. The molecule has 6 N–H and O–H groups in total. The van der Waals surface area contributed by atoms with Crippen molar-refractivity contribution in [1.82, 2.24) is 10.6 Å². The van der Waals surface area contributed by atoms with Gasteiger partial charge < -0.3 is 31.1 Å². The first-order valence-corrected chi connectivity index (χ1v) is 9.09. The van der Waals surface area contributed by atoms with Crippen molar-refractivity contribution in [1.29, 1.82) is 0 Å². The summed E-state index contributed by atoms with van der Waals surface area (Å²) in [6.45, 7) is 0. The third-order valence-electron chi connectivity index (χ3n) is 3.02. The molecule has 2 aromatic rings. The van der Waals surface area contributed by atoms with Crippen molar-refractivity contribution in [2.75, 3.05) is 14.1 Å². The summed E-state index contributed by atoms with van der Waals surface area (Å²) < 4.78 is 0. The molecule has 0 saturated heterocycles. The molecule has 0 fully saturated rings. The molecule has 2 rings (SSSR count). The van der Waals surface area contributed by atoms with E-state index >= 15 is 0 Å². The second-order valence-corrected chi connectivity index (χ2v) is 6.77. The van der Waals surface area contributed by atoms with Crippen LogP contribution >= 0.6 is 46.4 Å². The number of phenolic OH excluding ortho intramolecular Hbond substituents is 2. The van der Waals surface area contributed by atoms with E-state index in [1.165, 1.54) is 26.2 Å². The maximum atomic E-state index is 9.87. The lowest BCUT2D eigenvalue weighted by molar-refractivity contribution is 0.196. The van der Waals surface area contributed by atoms with E-state index in [0.717, 1.165) is 0 Å². The van der Waals surface area contributed by atoms with Gasteiger partial charge in [0.15, 0.2) is 0 Å². The highest BCUT2D eigenvalue weighted by molar-refractivity contribution is 6.36. The van der Waals surface area contributed by atoms with Crippen molar-refractivity contribution in [3.63, 3.8) is 0 Å². The van der Waals surface area contributed by atoms with Crippen LogP contribution in [0.5, 0.6) is 11.5 Å². The molecule has 0 saturated carbocycles. The van der Waals surface area contributed by atoms with E-state index in [1.54, 1.807) is 12.1 Å². The van der Waals surface area contributed by atoms with Crippen LogP contribution in [0.25, 0.3) is 0 Å². The van der Waals surface area contributed by atoms with Crippen LogP contribution in [-0.2, 0) is 6.42 Å². The second-order valence-electron chi connectivity index (χ2n) is 5.08. The number of hydrogen-bond donors (Lipinski definition) is 6. The molecule has 0 spiro atoms. The van der Waals surface area contributed by atoms with Gasteiger partial charge in [-0.05, 0) is 24.3 Å². The van der Waals surface area contributed by atoms with E-state index in [0.29, 0.717) is 21.2 Å². The number of rotatable bonds is 2. The number of halogens is 4. The number of benzene rings is 2. The molecule has 12 heteroatoms. The zero-order valence-corrected chi connectivity index (χ0v) is 18.2. The summed E-state index contributed by atoms with van der Waals surface area (Å²) in [5, 5.41) is 39.9. The SMILES string of the molecule is CNC(=O)O.CNC(=O)O.Oc1c(Cl)cc(Cl)cc1Cc1cc(Cl)cc(Cl)c1O. The number of carboxylic acid groups (broad SMARTS) is 2. The molecule has 0 aliphatic rings. The van der Waals surface area contributed by atoms with Gasteiger partial charge in [-0.25, -0.2) is 9.59 Å². The van der Waals surface area contributed by atoms with Crippen LogP contribution < -0.4 is 10.6 Å². The minimum absolute atomic E-state index is 0.0819. The van der Waals surface area contributed by atoms with Gasteiger partial charge in [0.2, 0.25) is 0 Å². The topological polar surface area (TPSA) is 139 Å². The summed E-state index contributed by atoms with van der Waals surface area (Å²) in [6.07, 6.45) is -1.78. The highest BCUT2D eigenvalue weighted by atomic mass is 35.5. The number of phenols is 2. The number of nitrogens with one attached hydrogen (secondary N) is 2. The molecule has 0 aliphatic heterocycles. The molecule has 0 bridgehead atoms. The van der Waals surface area contributed by atoms with Crippen molar-refractivity contribution >= 4 is 58.6 Å². The molecule has 0 atom stereocenters. The Balaban J connectivity index is 0.000000653. The predicted octanol–water partition coefficient (Wildman–Crippen LogP) is 5.07. The van der Waals surface area contributed by atoms with E-state index in [9.17, 15) is 19.8 Å². The molecular formula is C17H18Cl4N2O6. The highest BCUT2D eigenvalue weighted by Crippen LogP contribution is 2.37. The number of amides is 2. The van der Waals surface area contributed by atoms with E-state index in [4.69, 9.17) is 56.6 Å². The smallest absolute Gasteiger partial charge is 0.404 e. The van der Waals surface area contributed by atoms with Gasteiger partial charge in [0.25, 0.3) is 0 Å². The first-order chi connectivity index (χ1) is 13.4. The van der Waals surface area contributed by atoms with E-state index < -0.39 is 12.2 Å². The van der Waals surface area contributed by atoms with Crippen molar-refractivity contribution in [2.45, 2.75) is 6.42 Å². The summed E-state index contributed by atoms with van der Waals surface area (Å²) in [5.74, 6) is -0.164. The summed E-state index contributed by atoms with van der Waals surface area (Å²) in [5.41, 5.74) is 0.956. The molecular weight excluding hydrogens is 470 g/mol. The molecule has 0 unspecified atom stereocenters. The third-order valence-corrected chi connectivity index (χ3v) is 4.04. The number of hydrogen-bond acceptors (Lipinski definition) is 4. The molecule has 2 amide bonds. The second kappa shape index (κ2) is 13.1. The average molecular weight is 488 g/mol. The Hall–Kier alpha value is -2.26. The lowest BCUT2D eigenvalue weighted by Crippen LogP contribution is -2.13. The van der Waals surface area contributed by atoms with Crippen LogP contribution in [0.3, 0.4) is 0 Å². The molecule has 0 aromatic heterocycles. The van der Waals surface area contributed by atoms with Gasteiger partial charge in [0, 0.05) is 41.7 Å². The minimum atomic E-state index is -0.995. The van der Waals surface area contributed by atoms with E-state index in [1.807, 2.05) is 10.6 Å². The number of aromatic hydroxyl groups is 2. The van der Waals surface area contributed by atoms with Crippen LogP contribution in [0.15, 0.2) is 24.3 Å². The van der Waals surface area contributed by atoms with Crippen LogP contribution in [0, 0.1) is 0 Å². The van der Waals surface area contributed by atoms with Crippen LogP contribution in [-0.4, -0.2) is 46.7 Å². The molecule has 2 aromatic carbocycles. The van der Waals surface area contributed by atoms with Gasteiger partial charge in [-0.15, -0.1) is 0 Å². The predicted molar refractivity (Wildman–Crippen MR) is 113 cm³/mol. The maximum absolute atomic E-state index is 9.87. The molecule has 8 nitrogen and oxygen atoms in total. The Kier molecular flexibility index (Phi) is 12.0. The van der Waals surface area contributed by atoms with Gasteiger partial charge in [-0.1, -0.05) is 46.4 Å². The normalized spacial score (nSPS) is 9.31. The quantitative estimate of drug-likeness (QED) is 0.349. The lowest BCUT2D eigenvalue weighted by atomic mass is 10.0. The summed E-state index contributed by atoms with van der Waals surface area (Å²) in [6, 6.07) is 6.01.